The van der Waals surface area contributed by atoms with Crippen LogP contribution in [0.4, 0.5) is 26.3 Å². The van der Waals surface area contributed by atoms with Gasteiger partial charge in [-0.25, -0.2) is 14.8 Å². The average Bonchev–Trinajstić information content (AvgIpc) is 3.53. The Hall–Kier alpha value is -5.38. The van der Waals surface area contributed by atoms with Gasteiger partial charge in [0.15, 0.2) is 17.0 Å². The fraction of sp³-hybridized carbons (Fsp3) is 0.273. The molecule has 0 saturated heterocycles. The van der Waals surface area contributed by atoms with Gasteiger partial charge in [-0.15, -0.1) is 26.3 Å². The molecule has 0 fully saturated rings. The fourth-order valence-corrected chi connectivity index (χ4v) is 4.35. The molecule has 0 aliphatic carbocycles. The minimum atomic E-state index is -4.73. The minimum absolute atomic E-state index is 0.0957. The van der Waals surface area contributed by atoms with Crippen LogP contribution < -0.4 is 20.0 Å². The highest BCUT2D eigenvalue weighted by Gasteiger charge is 2.32. The first-order valence-corrected chi connectivity index (χ1v) is 14.5. The van der Waals surface area contributed by atoms with Crippen molar-refractivity contribution < 1.29 is 54.9 Å². The third-order valence-electron chi connectivity index (χ3n) is 6.21. The Balaban J connectivity index is 0.000000201. The smallest absolute Gasteiger partial charge is 0.424 e. The third kappa shape index (κ3) is 10.3. The van der Waals surface area contributed by atoms with Gasteiger partial charge in [-0.3, -0.25) is 9.36 Å². The Morgan fingerprint density at radius 1 is 0.735 bits per heavy atom. The number of aliphatic hydroxyl groups is 1. The van der Waals surface area contributed by atoms with Crippen LogP contribution in [0.15, 0.2) is 82.0 Å². The van der Waals surface area contributed by atoms with E-state index < -0.39 is 18.5 Å². The lowest BCUT2D eigenvalue weighted by molar-refractivity contribution is -0.275. The van der Waals surface area contributed by atoms with E-state index >= 15 is 0 Å². The number of hydrogen-bond donors (Lipinski definition) is 1. The van der Waals surface area contributed by atoms with Crippen molar-refractivity contribution in [3.05, 3.63) is 89.0 Å². The molecule has 0 radical (unpaired) electrons. The maximum Gasteiger partial charge on any atom is 0.573 e. The summed E-state index contributed by atoms with van der Waals surface area (Å²) in [6.45, 7) is 7.10. The van der Waals surface area contributed by atoms with Crippen LogP contribution in [-0.4, -0.2) is 44.4 Å². The molecule has 260 valence electrons. The lowest BCUT2D eigenvalue weighted by Crippen LogP contribution is -2.17. The molecule has 4 heterocycles. The van der Waals surface area contributed by atoms with Crippen LogP contribution in [0.1, 0.15) is 39.4 Å². The number of aromatic nitrogens is 3. The second-order valence-corrected chi connectivity index (χ2v) is 10.9. The van der Waals surface area contributed by atoms with Gasteiger partial charge in [-0.05, 0) is 100 Å². The number of hydrogen-bond acceptors (Lipinski definition) is 9. The lowest BCUT2D eigenvalue weighted by atomic mass is 10.1. The standard InChI is InChI=1S/C16H13F3N2O3.C14H8F3NO3.C3H8O/c1-9(2)21-14-13(23-15(21)22)8-7-12(20-14)10-3-5-11(6-4-10)24-16(17,18)19;15-14(16,17)21-9-3-1-8(2-4-9)10-5-6-12-11(18-10)7-13(19)20-12;1-3(2)4/h3-9H,1-2H3;1-6H,7H2;3-4H,1-2H3. The summed E-state index contributed by atoms with van der Waals surface area (Å²) in [7, 11) is 0. The predicted octanol–water partition coefficient (Wildman–Crippen LogP) is 7.63. The molecule has 0 atom stereocenters. The number of rotatable bonds is 5. The molecule has 16 heteroatoms. The van der Waals surface area contributed by atoms with Gasteiger partial charge in [-0.1, -0.05) is 0 Å². The number of pyridine rings is 2. The van der Waals surface area contributed by atoms with Gasteiger partial charge >= 0.3 is 24.5 Å². The zero-order valence-corrected chi connectivity index (χ0v) is 26.3. The number of fused-ring (bicyclic) bond motifs is 2. The van der Waals surface area contributed by atoms with Gasteiger partial charge in [0, 0.05) is 23.3 Å². The highest BCUT2D eigenvalue weighted by Crippen LogP contribution is 2.30. The van der Waals surface area contributed by atoms with Crippen molar-refractivity contribution in [2.45, 2.75) is 59.0 Å². The first kappa shape index (κ1) is 36.5. The predicted molar refractivity (Wildman–Crippen MR) is 164 cm³/mol. The van der Waals surface area contributed by atoms with Gasteiger partial charge in [0.1, 0.15) is 11.5 Å². The number of aliphatic hydroxyl groups excluding tert-OH is 1. The number of ether oxygens (including phenoxy) is 3. The third-order valence-corrected chi connectivity index (χ3v) is 6.21. The summed E-state index contributed by atoms with van der Waals surface area (Å²) in [5.41, 5.74) is 3.54. The monoisotopic (exact) mass is 693 g/mol. The number of benzene rings is 2. The van der Waals surface area contributed by atoms with Gasteiger partial charge in [0.05, 0.1) is 23.5 Å². The Labute approximate surface area is 274 Å². The molecule has 0 amide bonds. The van der Waals surface area contributed by atoms with E-state index in [-0.39, 0.29) is 36.0 Å². The Bertz CT molecular complexity index is 1950. The number of alkyl halides is 6. The molecule has 5 aromatic rings. The SMILES string of the molecule is CC(C)O.CC(C)n1c(=O)oc2ccc(-c3ccc(OC(F)(F)F)cc3)nc21.O=C1Cc2nc(-c3ccc(OC(F)(F)F)cc3)ccc2O1. The fourth-order valence-electron chi connectivity index (χ4n) is 4.35. The van der Waals surface area contributed by atoms with Crippen LogP contribution >= 0.6 is 0 Å². The van der Waals surface area contributed by atoms with Crippen LogP contribution in [0.25, 0.3) is 33.7 Å². The summed E-state index contributed by atoms with van der Waals surface area (Å²) in [6.07, 6.45) is -9.52. The zero-order valence-electron chi connectivity index (χ0n) is 26.3. The number of halogens is 6. The summed E-state index contributed by atoms with van der Waals surface area (Å²) >= 11 is 0. The highest BCUT2D eigenvalue weighted by atomic mass is 19.4. The number of nitrogens with zero attached hydrogens (tertiary/aromatic N) is 3. The molecule has 1 N–H and O–H groups in total. The van der Waals surface area contributed by atoms with E-state index in [2.05, 4.69) is 19.4 Å². The maximum atomic E-state index is 12.2. The topological polar surface area (TPSA) is 126 Å². The summed E-state index contributed by atoms with van der Waals surface area (Å²) in [5.74, 6) is -1.07. The van der Waals surface area contributed by atoms with E-state index in [1.54, 1.807) is 38.1 Å². The molecule has 6 rings (SSSR count). The van der Waals surface area contributed by atoms with Crippen molar-refractivity contribution in [1.29, 1.82) is 0 Å². The second kappa shape index (κ2) is 14.8. The second-order valence-electron chi connectivity index (χ2n) is 10.9. The number of esters is 1. The molecule has 0 unspecified atom stereocenters. The van der Waals surface area contributed by atoms with E-state index in [4.69, 9.17) is 14.3 Å². The molecule has 0 bridgehead atoms. The van der Waals surface area contributed by atoms with Crippen LogP contribution in [0.3, 0.4) is 0 Å². The van der Waals surface area contributed by atoms with E-state index in [1.165, 1.54) is 53.1 Å². The van der Waals surface area contributed by atoms with Crippen molar-refractivity contribution in [3.8, 4) is 39.8 Å². The maximum absolute atomic E-state index is 12.2. The molecular weight excluding hydrogens is 664 g/mol. The van der Waals surface area contributed by atoms with Crippen molar-refractivity contribution >= 4 is 17.2 Å². The minimum Gasteiger partial charge on any atom is -0.424 e. The molecule has 1 aliphatic rings. The normalized spacial score (nSPS) is 12.6. The summed E-state index contributed by atoms with van der Waals surface area (Å²) in [4.78, 5) is 31.6. The van der Waals surface area contributed by atoms with E-state index in [0.717, 1.165) is 0 Å². The summed E-state index contributed by atoms with van der Waals surface area (Å²) < 4.78 is 91.9. The number of oxazole rings is 1. The van der Waals surface area contributed by atoms with Gasteiger partial charge in [0.25, 0.3) is 0 Å². The molecular formula is C33H29F6N3O7. The lowest BCUT2D eigenvalue weighted by Gasteiger charge is -2.09. The molecule has 0 saturated carbocycles. The van der Waals surface area contributed by atoms with Gasteiger partial charge in [0.2, 0.25) is 0 Å². The Kier molecular flexibility index (Phi) is 11.0. The molecule has 49 heavy (non-hydrogen) atoms. The largest absolute Gasteiger partial charge is 0.573 e. The molecule has 2 aromatic carbocycles. The van der Waals surface area contributed by atoms with Crippen molar-refractivity contribution in [2.24, 2.45) is 0 Å². The molecule has 1 aliphatic heterocycles. The Morgan fingerprint density at radius 3 is 1.67 bits per heavy atom. The molecule has 0 spiro atoms. The highest BCUT2D eigenvalue weighted by molar-refractivity contribution is 5.80. The zero-order chi connectivity index (χ0) is 36.1. The van der Waals surface area contributed by atoms with E-state index in [0.29, 0.717) is 45.2 Å². The first-order valence-electron chi connectivity index (χ1n) is 14.5. The first-order chi connectivity index (χ1) is 22.9. The summed E-state index contributed by atoms with van der Waals surface area (Å²) in [6, 6.07) is 17.1. The quantitative estimate of drug-likeness (QED) is 0.146. The number of carbonyl (C=O) groups is 1. The van der Waals surface area contributed by atoms with Crippen molar-refractivity contribution in [2.75, 3.05) is 0 Å². The number of carbonyl (C=O) groups excluding carboxylic acids is 1. The average molecular weight is 694 g/mol. The van der Waals surface area contributed by atoms with Gasteiger partial charge in [-0.2, -0.15) is 0 Å². The van der Waals surface area contributed by atoms with Crippen LogP contribution in [0.2, 0.25) is 0 Å². The summed E-state index contributed by atoms with van der Waals surface area (Å²) in [5, 5.41) is 8.06. The van der Waals surface area contributed by atoms with Crippen LogP contribution in [0, 0.1) is 0 Å². The van der Waals surface area contributed by atoms with E-state index in [9.17, 15) is 35.9 Å². The molecule has 10 nitrogen and oxygen atoms in total. The Morgan fingerprint density at radius 2 is 1.20 bits per heavy atom. The molecule has 3 aromatic heterocycles. The van der Waals surface area contributed by atoms with Crippen LogP contribution in [-0.2, 0) is 11.2 Å². The van der Waals surface area contributed by atoms with Crippen molar-refractivity contribution in [1.82, 2.24) is 14.5 Å². The van der Waals surface area contributed by atoms with Crippen LogP contribution in [0.5, 0.6) is 17.2 Å². The van der Waals surface area contributed by atoms with Gasteiger partial charge < -0.3 is 23.7 Å². The van der Waals surface area contributed by atoms with E-state index in [1.807, 2.05) is 13.8 Å². The van der Waals surface area contributed by atoms with Crippen molar-refractivity contribution in [3.63, 3.8) is 0 Å².